The number of nitrogens with two attached hydrogens (primary N) is 1. The summed E-state index contributed by atoms with van der Waals surface area (Å²) in [7, 11) is 0. The Morgan fingerprint density at radius 3 is 1.56 bits per heavy atom. The van der Waals surface area contributed by atoms with Gasteiger partial charge in [0.15, 0.2) is 29.6 Å². The molecule has 0 aliphatic rings. The number of benzene rings is 8. The number of carbonyl (C=O) groups is 3. The Balaban J connectivity index is 0.000000187. The first-order valence-corrected chi connectivity index (χ1v) is 26.0. The molecule has 2 aromatic heterocycles. The van der Waals surface area contributed by atoms with E-state index < -0.39 is 84.6 Å². The standard InChI is InChI=1S/C21H9Cl2F5N2O.C14H7Cl2F3N2.C8H4ClF3O.C7H3ClF2O.C6H5ClN2O2/c22-11-5-7-17-16(9-11)29-19(12-2-1-3-13(18(12)23)21(26,27)28)30(17)20(31)10-4-6-14(24)15(25)8-10;15-7-4-5-10-11(6-7)21-13(20-10)8-2-1-3-9(12(8)16)14(17,18)19;9-7-5(4-13)2-1-3-6(7)8(10,11)12;8-7(11)4-1-2-5(9)6(10)3-4;7-4-1-2-5(8)6(3-4)9(10)11/h1-9H;1-6H,(H,20,21);1-4H;1-3H;1-3H,8H2. The molecule has 0 saturated carbocycles. The minimum Gasteiger partial charge on any atom is -0.393 e. The van der Waals surface area contributed by atoms with E-state index >= 15 is 0 Å². The maximum Gasteiger partial charge on any atom is 0.417 e. The van der Waals surface area contributed by atoms with Crippen LogP contribution in [0.2, 0.25) is 30.1 Å². The van der Waals surface area contributed by atoms with E-state index in [9.17, 15) is 81.6 Å². The second-order valence-corrected chi connectivity index (χ2v) is 19.9. The zero-order valence-electron chi connectivity index (χ0n) is 42.4. The SMILES string of the molecule is FC(F)(F)c1cccc(-c2nc3ccc(Cl)cc3[nH]2)c1Cl.Nc1ccc(Cl)cc1[N+](=O)[O-].O=C(Cl)c1ccc(F)c(F)c1.O=C(c1ccc(F)c(F)c1)n1c(-c2cccc(C(F)(F)F)c2Cl)nc2cc(Cl)ccc21.O=Cc1cccc(C(F)(F)F)c1Cl. The topological polar surface area (TPSA) is 167 Å². The number of aromatic amines is 1. The van der Waals surface area contributed by atoms with Gasteiger partial charge in [-0.1, -0.05) is 93.9 Å². The number of nitrogens with zero attached hydrogens (tertiary/aromatic N) is 4. The molecule has 0 atom stereocenters. The van der Waals surface area contributed by atoms with Gasteiger partial charge in [-0.25, -0.2) is 27.5 Å². The van der Waals surface area contributed by atoms with Crippen LogP contribution in [0.5, 0.6) is 0 Å². The monoisotopic (exact) mass is 1360 g/mol. The van der Waals surface area contributed by atoms with Crippen molar-refractivity contribution in [3.63, 3.8) is 0 Å². The summed E-state index contributed by atoms with van der Waals surface area (Å²) in [6.45, 7) is 0. The first-order valence-electron chi connectivity index (χ1n) is 23.3. The maximum absolute atomic E-state index is 13.7. The van der Waals surface area contributed by atoms with Crippen LogP contribution in [0.4, 0.5) is 68.5 Å². The number of aromatic nitrogens is 4. The van der Waals surface area contributed by atoms with Crippen molar-refractivity contribution >= 4 is 132 Å². The van der Waals surface area contributed by atoms with Crippen molar-refractivity contribution < 1.29 is 76.4 Å². The highest BCUT2D eigenvalue weighted by Crippen LogP contribution is 2.42. The number of imidazole rings is 2. The largest absolute Gasteiger partial charge is 0.417 e. The molecule has 0 spiro atoms. The molecule has 0 aliphatic carbocycles. The molecule has 0 amide bonds. The lowest BCUT2D eigenvalue weighted by atomic mass is 10.1. The van der Waals surface area contributed by atoms with Gasteiger partial charge in [-0.3, -0.25) is 29.1 Å². The molecule has 87 heavy (non-hydrogen) atoms. The molecule has 0 radical (unpaired) electrons. The van der Waals surface area contributed by atoms with E-state index in [1.165, 1.54) is 60.7 Å². The van der Waals surface area contributed by atoms with Crippen molar-refractivity contribution in [2.24, 2.45) is 0 Å². The number of fused-ring (bicyclic) bond motifs is 2. The molecule has 0 aliphatic heterocycles. The fraction of sp³-hybridized carbons (Fsp3) is 0.0536. The van der Waals surface area contributed by atoms with Crippen molar-refractivity contribution in [2.45, 2.75) is 18.5 Å². The average Bonchev–Trinajstić information content (AvgIpc) is 1.67. The Morgan fingerprint density at radius 1 is 0.552 bits per heavy atom. The number of hydrogen-bond donors (Lipinski definition) is 2. The van der Waals surface area contributed by atoms with Crippen LogP contribution in [0.3, 0.4) is 0 Å². The van der Waals surface area contributed by atoms with E-state index in [-0.39, 0.29) is 78.2 Å². The number of hydrogen-bond acceptors (Lipinski definition) is 8. The predicted molar refractivity (Wildman–Crippen MR) is 304 cm³/mol. The number of nitrogen functional groups attached to an aromatic ring is 1. The summed E-state index contributed by atoms with van der Waals surface area (Å²) in [5.41, 5.74) is 3.49. The Morgan fingerprint density at radius 2 is 1.03 bits per heavy atom. The van der Waals surface area contributed by atoms with Gasteiger partial charge in [0, 0.05) is 49.0 Å². The summed E-state index contributed by atoms with van der Waals surface area (Å²) >= 11 is 39.6. The van der Waals surface area contributed by atoms with E-state index in [0.29, 0.717) is 27.1 Å². The van der Waals surface area contributed by atoms with Crippen LogP contribution < -0.4 is 5.73 Å². The van der Waals surface area contributed by atoms with Crippen molar-refractivity contribution in [2.75, 3.05) is 5.73 Å². The number of alkyl halides is 9. The lowest BCUT2D eigenvalue weighted by Crippen LogP contribution is -2.15. The Hall–Kier alpha value is -7.97. The van der Waals surface area contributed by atoms with Gasteiger partial charge in [0.05, 0.1) is 58.7 Å². The van der Waals surface area contributed by atoms with Gasteiger partial charge in [-0.2, -0.15) is 39.5 Å². The number of anilines is 1. The van der Waals surface area contributed by atoms with E-state index in [2.05, 4.69) is 15.0 Å². The summed E-state index contributed by atoms with van der Waals surface area (Å²) in [6, 6.07) is 28.8. The fourth-order valence-corrected chi connectivity index (χ4v) is 8.86. The second-order valence-electron chi connectivity index (χ2n) is 17.1. The van der Waals surface area contributed by atoms with Gasteiger partial charge < -0.3 is 10.7 Å². The van der Waals surface area contributed by atoms with Crippen LogP contribution in [0, 0.1) is 33.4 Å². The average molecular weight is 1360 g/mol. The molecule has 8 aromatic carbocycles. The van der Waals surface area contributed by atoms with Gasteiger partial charge >= 0.3 is 18.5 Å². The van der Waals surface area contributed by atoms with E-state index in [1.54, 1.807) is 18.2 Å². The maximum atomic E-state index is 13.7. The normalized spacial score (nSPS) is 11.3. The Labute approximate surface area is 514 Å². The molecule has 3 N–H and O–H groups in total. The zero-order valence-corrected chi connectivity index (χ0v) is 47.7. The number of halogens is 20. The molecular weight excluding hydrogens is 1330 g/mol. The number of rotatable bonds is 6. The highest BCUT2D eigenvalue weighted by atomic mass is 35.5. The molecule has 0 fully saturated rings. The Bertz CT molecular complexity index is 4260. The molecule has 0 bridgehead atoms. The third-order valence-corrected chi connectivity index (χ3v) is 13.5. The summed E-state index contributed by atoms with van der Waals surface area (Å²) < 4.78 is 168. The second kappa shape index (κ2) is 28.2. The van der Waals surface area contributed by atoms with Crippen LogP contribution in [0.15, 0.2) is 146 Å². The van der Waals surface area contributed by atoms with Crippen molar-refractivity contribution in [3.8, 4) is 22.8 Å². The molecule has 11 nitrogen and oxygen atoms in total. The number of nitrogens with one attached hydrogen (secondary N) is 1. The van der Waals surface area contributed by atoms with E-state index in [1.807, 2.05) is 0 Å². The molecule has 0 unspecified atom stereocenters. The van der Waals surface area contributed by atoms with E-state index in [4.69, 9.17) is 86.9 Å². The number of aldehydes is 1. The van der Waals surface area contributed by atoms with Gasteiger partial charge in [-0.05, 0) is 127 Å². The first kappa shape index (κ1) is 68.1. The lowest BCUT2D eigenvalue weighted by Gasteiger charge is -2.13. The highest BCUT2D eigenvalue weighted by Gasteiger charge is 2.37. The molecule has 0 saturated heterocycles. The lowest BCUT2D eigenvalue weighted by molar-refractivity contribution is -0.383. The molecule has 10 rings (SSSR count). The molecule has 452 valence electrons. The third-order valence-electron chi connectivity index (χ3n) is 11.3. The van der Waals surface area contributed by atoms with Gasteiger partial charge in [0.25, 0.3) is 16.8 Å². The Kier molecular flexibility index (Phi) is 22.1. The number of H-pyrrole nitrogens is 1. The zero-order chi connectivity index (χ0) is 64.6. The molecule has 2 heterocycles. The summed E-state index contributed by atoms with van der Waals surface area (Å²) in [5.74, 6) is -5.25. The first-order chi connectivity index (χ1) is 40.6. The third kappa shape index (κ3) is 17.0. The van der Waals surface area contributed by atoms with Crippen LogP contribution >= 0.6 is 81.2 Å². The fourth-order valence-electron chi connectivity index (χ4n) is 7.32. The summed E-state index contributed by atoms with van der Waals surface area (Å²) in [5, 5.41) is 8.95. The summed E-state index contributed by atoms with van der Waals surface area (Å²) in [4.78, 5) is 54.9. The van der Waals surface area contributed by atoms with Crippen LogP contribution in [-0.2, 0) is 18.5 Å². The van der Waals surface area contributed by atoms with Crippen LogP contribution in [-0.4, -0.2) is 41.9 Å². The predicted octanol–water partition coefficient (Wildman–Crippen LogP) is 19.9. The smallest absolute Gasteiger partial charge is 0.393 e. The number of nitro groups is 1. The van der Waals surface area contributed by atoms with Gasteiger partial charge in [0.2, 0.25) is 0 Å². The molecular formula is C56H28Cl7F13N6O5. The van der Waals surface area contributed by atoms with E-state index in [0.717, 1.165) is 65.2 Å². The van der Waals surface area contributed by atoms with Crippen LogP contribution in [0.25, 0.3) is 44.8 Å². The number of nitro benzene ring substituents is 1. The quantitative estimate of drug-likeness (QED) is 0.0414. The van der Waals surface area contributed by atoms with Gasteiger partial charge in [0.1, 0.15) is 17.3 Å². The van der Waals surface area contributed by atoms with Crippen molar-refractivity contribution in [1.82, 2.24) is 19.5 Å². The summed E-state index contributed by atoms with van der Waals surface area (Å²) in [6.07, 6.45) is -13.5. The highest BCUT2D eigenvalue weighted by molar-refractivity contribution is 6.67. The minimum absolute atomic E-state index is 0.0504. The minimum atomic E-state index is -4.74. The van der Waals surface area contributed by atoms with Crippen molar-refractivity contribution in [3.05, 3.63) is 242 Å². The molecule has 31 heteroatoms. The van der Waals surface area contributed by atoms with Crippen molar-refractivity contribution in [1.29, 1.82) is 0 Å². The van der Waals surface area contributed by atoms with Crippen LogP contribution in [0.1, 0.15) is 47.8 Å². The molecule has 10 aromatic rings. The number of carbonyl (C=O) groups excluding carboxylic acids is 3. The van der Waals surface area contributed by atoms with Gasteiger partial charge in [-0.15, -0.1) is 0 Å².